The second-order valence-electron chi connectivity index (χ2n) is 5.33. The van der Waals surface area contributed by atoms with Gasteiger partial charge in [-0.3, -0.25) is 4.98 Å². The maximum absolute atomic E-state index is 5.96. The molecule has 16 heavy (non-hydrogen) atoms. The number of hydrogen-bond acceptors (Lipinski definition) is 2. The standard InChI is InChI=1S/C13H19ClN2/c1-13(2)5-3-7-16(10-13)12-4-6-15-9-11(12)8-14/h4,6,9H,3,5,7-8,10H2,1-2H3. The van der Waals surface area contributed by atoms with Gasteiger partial charge in [-0.05, 0) is 24.3 Å². The number of rotatable bonds is 2. The van der Waals surface area contributed by atoms with Gasteiger partial charge in [-0.15, -0.1) is 11.6 Å². The lowest BCUT2D eigenvalue weighted by Gasteiger charge is -2.40. The summed E-state index contributed by atoms with van der Waals surface area (Å²) >= 11 is 5.96. The predicted molar refractivity (Wildman–Crippen MR) is 69.0 cm³/mol. The molecule has 0 aliphatic carbocycles. The summed E-state index contributed by atoms with van der Waals surface area (Å²) in [6, 6.07) is 2.08. The lowest BCUT2D eigenvalue weighted by molar-refractivity contribution is 0.293. The van der Waals surface area contributed by atoms with Gasteiger partial charge in [-0.2, -0.15) is 0 Å². The SMILES string of the molecule is CC1(C)CCCN(c2ccncc2CCl)C1. The molecule has 1 saturated heterocycles. The number of piperidine rings is 1. The molecule has 2 heterocycles. The zero-order valence-corrected chi connectivity index (χ0v) is 10.8. The summed E-state index contributed by atoms with van der Waals surface area (Å²) in [5.74, 6) is 0.542. The zero-order chi connectivity index (χ0) is 11.6. The van der Waals surface area contributed by atoms with Crippen molar-refractivity contribution in [3.63, 3.8) is 0 Å². The zero-order valence-electron chi connectivity index (χ0n) is 10.0. The quantitative estimate of drug-likeness (QED) is 0.734. The molecule has 0 unspecified atom stereocenters. The first-order chi connectivity index (χ1) is 7.62. The molecule has 2 nitrogen and oxygen atoms in total. The van der Waals surface area contributed by atoms with Gasteiger partial charge in [0.15, 0.2) is 0 Å². The first-order valence-electron chi connectivity index (χ1n) is 5.86. The van der Waals surface area contributed by atoms with Crippen molar-refractivity contribution in [2.24, 2.45) is 5.41 Å². The lowest BCUT2D eigenvalue weighted by Crippen LogP contribution is -2.40. The Bertz CT molecular complexity index is 363. The molecule has 3 heteroatoms. The van der Waals surface area contributed by atoms with E-state index in [9.17, 15) is 0 Å². The van der Waals surface area contributed by atoms with E-state index in [4.69, 9.17) is 11.6 Å². The molecule has 0 spiro atoms. The maximum Gasteiger partial charge on any atom is 0.0509 e. The van der Waals surface area contributed by atoms with Crippen LogP contribution in [0.5, 0.6) is 0 Å². The highest BCUT2D eigenvalue weighted by molar-refractivity contribution is 6.17. The molecule has 0 radical (unpaired) electrons. The number of alkyl halides is 1. The summed E-state index contributed by atoms with van der Waals surface area (Å²) in [5, 5.41) is 0. The molecular formula is C13H19ClN2. The minimum Gasteiger partial charge on any atom is -0.371 e. The molecule has 1 aliphatic rings. The van der Waals surface area contributed by atoms with E-state index in [-0.39, 0.29) is 0 Å². The van der Waals surface area contributed by atoms with Crippen molar-refractivity contribution in [2.75, 3.05) is 18.0 Å². The number of aromatic nitrogens is 1. The normalized spacial score (nSPS) is 19.8. The Hall–Kier alpha value is -0.760. The van der Waals surface area contributed by atoms with Gasteiger partial charge in [-0.1, -0.05) is 13.8 Å². The molecule has 0 amide bonds. The molecule has 0 saturated carbocycles. The van der Waals surface area contributed by atoms with Gasteiger partial charge in [-0.25, -0.2) is 0 Å². The van der Waals surface area contributed by atoms with E-state index in [0.717, 1.165) is 18.7 Å². The van der Waals surface area contributed by atoms with Gasteiger partial charge in [0, 0.05) is 36.7 Å². The Morgan fingerprint density at radius 1 is 1.50 bits per heavy atom. The van der Waals surface area contributed by atoms with E-state index < -0.39 is 0 Å². The average molecular weight is 239 g/mol. The molecule has 1 aromatic rings. The first kappa shape index (κ1) is 11.7. The van der Waals surface area contributed by atoms with Gasteiger partial charge in [0.1, 0.15) is 0 Å². The Labute approximate surface area is 103 Å². The van der Waals surface area contributed by atoms with Crippen LogP contribution in [0, 0.1) is 5.41 Å². The number of halogens is 1. The van der Waals surface area contributed by atoms with Crippen molar-refractivity contribution in [1.82, 2.24) is 4.98 Å². The second-order valence-corrected chi connectivity index (χ2v) is 5.59. The highest BCUT2D eigenvalue weighted by Crippen LogP contribution is 2.33. The Kier molecular flexibility index (Phi) is 3.38. The average Bonchev–Trinajstić information content (AvgIpc) is 2.27. The van der Waals surface area contributed by atoms with Crippen LogP contribution >= 0.6 is 11.6 Å². The number of pyridine rings is 1. The number of nitrogens with zero attached hydrogens (tertiary/aromatic N) is 2. The van der Waals surface area contributed by atoms with Crippen LogP contribution in [-0.2, 0) is 5.88 Å². The minimum atomic E-state index is 0.408. The molecule has 88 valence electrons. The molecule has 0 N–H and O–H groups in total. The van der Waals surface area contributed by atoms with Crippen LogP contribution in [0.4, 0.5) is 5.69 Å². The van der Waals surface area contributed by atoms with Crippen LogP contribution in [0.25, 0.3) is 0 Å². The van der Waals surface area contributed by atoms with Crippen LogP contribution < -0.4 is 4.90 Å². The van der Waals surface area contributed by atoms with Crippen molar-refractivity contribution < 1.29 is 0 Å². The van der Waals surface area contributed by atoms with E-state index in [1.165, 1.54) is 18.5 Å². The molecule has 1 aromatic heterocycles. The summed E-state index contributed by atoms with van der Waals surface area (Å²) in [6.07, 6.45) is 6.30. The van der Waals surface area contributed by atoms with Crippen molar-refractivity contribution in [3.05, 3.63) is 24.0 Å². The van der Waals surface area contributed by atoms with Crippen molar-refractivity contribution in [3.8, 4) is 0 Å². The summed E-state index contributed by atoms with van der Waals surface area (Å²) in [6.45, 7) is 6.92. The third-order valence-corrected chi connectivity index (χ3v) is 3.55. The fourth-order valence-electron chi connectivity index (χ4n) is 2.46. The molecule has 1 fully saturated rings. The number of hydrogen-bond donors (Lipinski definition) is 0. The third kappa shape index (κ3) is 2.49. The fourth-order valence-corrected chi connectivity index (χ4v) is 2.67. The topological polar surface area (TPSA) is 16.1 Å². The molecular weight excluding hydrogens is 220 g/mol. The van der Waals surface area contributed by atoms with Gasteiger partial charge in [0.05, 0.1) is 5.88 Å². The number of anilines is 1. The molecule has 1 aliphatic heterocycles. The van der Waals surface area contributed by atoms with E-state index in [0.29, 0.717) is 11.3 Å². The summed E-state index contributed by atoms with van der Waals surface area (Å²) in [7, 11) is 0. The molecule has 0 atom stereocenters. The first-order valence-corrected chi connectivity index (χ1v) is 6.40. The Balaban J connectivity index is 2.23. The summed E-state index contributed by atoms with van der Waals surface area (Å²) < 4.78 is 0. The van der Waals surface area contributed by atoms with E-state index in [1.807, 2.05) is 12.4 Å². The Morgan fingerprint density at radius 2 is 2.31 bits per heavy atom. The monoisotopic (exact) mass is 238 g/mol. The van der Waals surface area contributed by atoms with Crippen LogP contribution in [-0.4, -0.2) is 18.1 Å². The fraction of sp³-hybridized carbons (Fsp3) is 0.615. The van der Waals surface area contributed by atoms with Crippen molar-refractivity contribution >= 4 is 17.3 Å². The second kappa shape index (κ2) is 4.62. The Morgan fingerprint density at radius 3 is 3.00 bits per heavy atom. The van der Waals surface area contributed by atoms with E-state index in [1.54, 1.807) is 0 Å². The van der Waals surface area contributed by atoms with Crippen molar-refractivity contribution in [1.29, 1.82) is 0 Å². The van der Waals surface area contributed by atoms with E-state index in [2.05, 4.69) is 29.8 Å². The molecule has 0 aromatic carbocycles. The lowest BCUT2D eigenvalue weighted by atomic mass is 9.84. The van der Waals surface area contributed by atoms with E-state index >= 15 is 0 Å². The highest BCUT2D eigenvalue weighted by atomic mass is 35.5. The van der Waals surface area contributed by atoms with Gasteiger partial charge < -0.3 is 4.90 Å². The van der Waals surface area contributed by atoms with Crippen LogP contribution in [0.3, 0.4) is 0 Å². The molecule has 2 rings (SSSR count). The highest BCUT2D eigenvalue weighted by Gasteiger charge is 2.27. The summed E-state index contributed by atoms with van der Waals surface area (Å²) in [4.78, 5) is 6.58. The summed E-state index contributed by atoms with van der Waals surface area (Å²) in [5.41, 5.74) is 2.81. The van der Waals surface area contributed by atoms with Crippen LogP contribution in [0.1, 0.15) is 32.3 Å². The minimum absolute atomic E-state index is 0.408. The van der Waals surface area contributed by atoms with Crippen molar-refractivity contribution in [2.45, 2.75) is 32.6 Å². The van der Waals surface area contributed by atoms with Gasteiger partial charge >= 0.3 is 0 Å². The van der Waals surface area contributed by atoms with Gasteiger partial charge in [0.25, 0.3) is 0 Å². The largest absolute Gasteiger partial charge is 0.371 e. The predicted octanol–water partition coefficient (Wildman–Crippen LogP) is 3.45. The smallest absolute Gasteiger partial charge is 0.0509 e. The molecule has 0 bridgehead atoms. The maximum atomic E-state index is 5.96. The van der Waals surface area contributed by atoms with Crippen LogP contribution in [0.2, 0.25) is 0 Å². The third-order valence-electron chi connectivity index (χ3n) is 3.26. The van der Waals surface area contributed by atoms with Crippen LogP contribution in [0.15, 0.2) is 18.5 Å². The van der Waals surface area contributed by atoms with Gasteiger partial charge in [0.2, 0.25) is 0 Å².